The third-order valence-corrected chi connectivity index (χ3v) is 2.56. The lowest BCUT2D eigenvalue weighted by Crippen LogP contribution is -2.60. The van der Waals surface area contributed by atoms with E-state index in [-0.39, 0.29) is 13.0 Å². The van der Waals surface area contributed by atoms with Gasteiger partial charge in [-0.3, -0.25) is 0 Å². The van der Waals surface area contributed by atoms with E-state index in [1.807, 2.05) is 0 Å². The number of halogens is 2. The smallest absolute Gasteiger partial charge is 0.265 e. The van der Waals surface area contributed by atoms with Crippen LogP contribution in [0.2, 0.25) is 0 Å². The zero-order valence-electron chi connectivity index (χ0n) is 7.87. The average molecular weight is 207 g/mol. The van der Waals surface area contributed by atoms with E-state index in [2.05, 4.69) is 0 Å². The molecule has 0 bridgehead atoms. The monoisotopic (exact) mass is 207 g/mol. The lowest BCUT2D eigenvalue weighted by Gasteiger charge is -2.44. The number of carbonyl (C=O) groups excluding carboxylic acids is 1. The molecule has 2 unspecified atom stereocenters. The molecule has 0 aliphatic carbocycles. The molecule has 1 aliphatic rings. The number of hydrogen-bond donors (Lipinski definition) is 1. The molecular formula is C8H13F2N2O2-. The van der Waals surface area contributed by atoms with Crippen LogP contribution in [0.25, 0.3) is 0 Å². The SMILES string of the molecule is CC1CC(F)(F)CN(C(=O)[O-])C1CN. The van der Waals surface area contributed by atoms with Gasteiger partial charge in [0.05, 0.1) is 6.54 Å². The van der Waals surface area contributed by atoms with E-state index in [4.69, 9.17) is 5.73 Å². The summed E-state index contributed by atoms with van der Waals surface area (Å²) in [6.07, 6.45) is -1.90. The van der Waals surface area contributed by atoms with Crippen molar-refractivity contribution in [2.75, 3.05) is 13.1 Å². The van der Waals surface area contributed by atoms with Gasteiger partial charge in [0.25, 0.3) is 5.92 Å². The fourth-order valence-corrected chi connectivity index (χ4v) is 1.90. The lowest BCUT2D eigenvalue weighted by atomic mass is 9.89. The molecule has 1 fully saturated rings. The van der Waals surface area contributed by atoms with Crippen LogP contribution in [-0.4, -0.2) is 36.0 Å². The maximum absolute atomic E-state index is 13.0. The van der Waals surface area contributed by atoms with Crippen molar-refractivity contribution in [1.29, 1.82) is 0 Å². The number of amides is 1. The van der Waals surface area contributed by atoms with Gasteiger partial charge >= 0.3 is 0 Å². The van der Waals surface area contributed by atoms with Crippen molar-refractivity contribution in [3.8, 4) is 0 Å². The molecule has 82 valence electrons. The van der Waals surface area contributed by atoms with Crippen LogP contribution in [0.3, 0.4) is 0 Å². The van der Waals surface area contributed by atoms with E-state index in [0.717, 1.165) is 0 Å². The molecule has 0 radical (unpaired) electrons. The summed E-state index contributed by atoms with van der Waals surface area (Å²) in [5.41, 5.74) is 5.33. The topological polar surface area (TPSA) is 69.4 Å². The molecular weight excluding hydrogens is 194 g/mol. The minimum Gasteiger partial charge on any atom is -0.530 e. The zero-order valence-corrected chi connectivity index (χ0v) is 7.87. The molecule has 6 heteroatoms. The molecule has 0 aromatic rings. The van der Waals surface area contributed by atoms with Crippen molar-refractivity contribution in [3.05, 3.63) is 0 Å². The van der Waals surface area contributed by atoms with E-state index in [9.17, 15) is 18.7 Å². The second-order valence-corrected chi connectivity index (χ2v) is 3.73. The van der Waals surface area contributed by atoms with Gasteiger partial charge in [-0.05, 0) is 5.92 Å². The van der Waals surface area contributed by atoms with E-state index in [1.165, 1.54) is 0 Å². The quantitative estimate of drug-likeness (QED) is 0.638. The Labute approximate surface area is 80.7 Å². The number of alkyl halides is 2. The van der Waals surface area contributed by atoms with Crippen LogP contribution >= 0.6 is 0 Å². The standard InChI is InChI=1S/C8H14F2N2O2/c1-5-2-8(9,10)4-12(7(13)14)6(5)3-11/h5-6H,2-4,11H2,1H3,(H,13,14)/p-1. The van der Waals surface area contributed by atoms with Crippen LogP contribution in [0, 0.1) is 5.92 Å². The number of piperidine rings is 1. The van der Waals surface area contributed by atoms with E-state index in [0.29, 0.717) is 4.90 Å². The van der Waals surface area contributed by atoms with E-state index in [1.54, 1.807) is 6.92 Å². The normalized spacial score (nSPS) is 31.6. The first-order valence-corrected chi connectivity index (χ1v) is 4.43. The summed E-state index contributed by atoms with van der Waals surface area (Å²) in [6, 6.07) is -0.556. The summed E-state index contributed by atoms with van der Waals surface area (Å²) in [6.45, 7) is 0.813. The van der Waals surface area contributed by atoms with Gasteiger partial charge in [0.1, 0.15) is 6.09 Å². The number of carboxylic acid groups (broad SMARTS) is 1. The van der Waals surface area contributed by atoms with Gasteiger partial charge in [-0.2, -0.15) is 0 Å². The molecule has 1 amide bonds. The molecule has 0 aromatic carbocycles. The maximum atomic E-state index is 13.0. The zero-order chi connectivity index (χ0) is 10.9. The van der Waals surface area contributed by atoms with Gasteiger partial charge in [0, 0.05) is 19.0 Å². The molecule has 1 rings (SSSR count). The third-order valence-electron chi connectivity index (χ3n) is 2.56. The van der Waals surface area contributed by atoms with E-state index >= 15 is 0 Å². The number of likely N-dealkylation sites (tertiary alicyclic amines) is 1. The van der Waals surface area contributed by atoms with Crippen LogP contribution in [-0.2, 0) is 0 Å². The van der Waals surface area contributed by atoms with Crippen LogP contribution in [0.5, 0.6) is 0 Å². The van der Waals surface area contributed by atoms with Crippen molar-refractivity contribution in [1.82, 2.24) is 4.90 Å². The second kappa shape index (κ2) is 3.68. The van der Waals surface area contributed by atoms with E-state index < -0.39 is 30.5 Å². The molecule has 0 saturated carbocycles. The summed E-state index contributed by atoms with van der Waals surface area (Å²) < 4.78 is 26.0. The minimum absolute atomic E-state index is 0.0469. The predicted octanol–water partition coefficient (Wildman–Crippen LogP) is -0.366. The first-order valence-electron chi connectivity index (χ1n) is 4.43. The number of nitrogens with zero attached hydrogens (tertiary/aromatic N) is 1. The summed E-state index contributed by atoms with van der Waals surface area (Å²) >= 11 is 0. The maximum Gasteiger partial charge on any atom is 0.265 e. The average Bonchev–Trinajstić information content (AvgIpc) is 2.01. The third kappa shape index (κ3) is 2.12. The van der Waals surface area contributed by atoms with Crippen LogP contribution in [0.4, 0.5) is 13.6 Å². The Kier molecular flexibility index (Phi) is 2.94. The summed E-state index contributed by atoms with van der Waals surface area (Å²) in [7, 11) is 0. The highest BCUT2D eigenvalue weighted by atomic mass is 19.3. The first-order chi connectivity index (χ1) is 6.37. The molecule has 4 nitrogen and oxygen atoms in total. The second-order valence-electron chi connectivity index (χ2n) is 3.73. The molecule has 0 aromatic heterocycles. The fourth-order valence-electron chi connectivity index (χ4n) is 1.90. The van der Waals surface area contributed by atoms with Gasteiger partial charge in [-0.15, -0.1) is 0 Å². The number of rotatable bonds is 1. The Morgan fingerprint density at radius 3 is 2.71 bits per heavy atom. The molecule has 2 N–H and O–H groups in total. The summed E-state index contributed by atoms with van der Waals surface area (Å²) in [5, 5.41) is 10.6. The molecule has 1 saturated heterocycles. The van der Waals surface area contributed by atoms with Crippen molar-refractivity contribution in [3.63, 3.8) is 0 Å². The van der Waals surface area contributed by atoms with Gasteiger partial charge in [0.2, 0.25) is 0 Å². The van der Waals surface area contributed by atoms with Crippen molar-refractivity contribution >= 4 is 6.09 Å². The first kappa shape index (κ1) is 11.2. The molecule has 0 spiro atoms. The highest BCUT2D eigenvalue weighted by molar-refractivity contribution is 5.63. The lowest BCUT2D eigenvalue weighted by molar-refractivity contribution is -0.276. The highest BCUT2D eigenvalue weighted by Gasteiger charge is 2.43. The van der Waals surface area contributed by atoms with Crippen molar-refractivity contribution in [2.24, 2.45) is 11.7 Å². The molecule has 1 heterocycles. The number of carbonyl (C=O) groups is 1. The van der Waals surface area contributed by atoms with Crippen molar-refractivity contribution < 1.29 is 18.7 Å². The minimum atomic E-state index is -2.97. The predicted molar refractivity (Wildman–Crippen MR) is 43.7 cm³/mol. The van der Waals surface area contributed by atoms with Gasteiger partial charge in [0.15, 0.2) is 0 Å². The Morgan fingerprint density at radius 1 is 1.71 bits per heavy atom. The van der Waals surface area contributed by atoms with Gasteiger partial charge in [-0.25, -0.2) is 8.78 Å². The van der Waals surface area contributed by atoms with Crippen LogP contribution < -0.4 is 10.8 Å². The molecule has 2 atom stereocenters. The van der Waals surface area contributed by atoms with Gasteiger partial charge in [-0.1, -0.05) is 6.92 Å². The number of hydrogen-bond acceptors (Lipinski definition) is 3. The Hall–Kier alpha value is -0.910. The van der Waals surface area contributed by atoms with Crippen LogP contribution in [0.15, 0.2) is 0 Å². The Morgan fingerprint density at radius 2 is 2.29 bits per heavy atom. The largest absolute Gasteiger partial charge is 0.530 e. The fraction of sp³-hybridized carbons (Fsp3) is 0.875. The molecule has 1 aliphatic heterocycles. The Bertz CT molecular complexity index is 235. The van der Waals surface area contributed by atoms with Gasteiger partial charge < -0.3 is 20.5 Å². The summed E-state index contributed by atoms with van der Waals surface area (Å²) in [5.74, 6) is -3.41. The number of nitrogens with two attached hydrogens (primary N) is 1. The Balaban J connectivity index is 2.83. The molecule has 14 heavy (non-hydrogen) atoms. The highest BCUT2D eigenvalue weighted by Crippen LogP contribution is 2.33. The van der Waals surface area contributed by atoms with Crippen LogP contribution in [0.1, 0.15) is 13.3 Å². The van der Waals surface area contributed by atoms with Crippen molar-refractivity contribution in [2.45, 2.75) is 25.3 Å². The summed E-state index contributed by atoms with van der Waals surface area (Å²) in [4.78, 5) is 11.2.